The van der Waals surface area contributed by atoms with Gasteiger partial charge in [-0.3, -0.25) is 4.79 Å². The van der Waals surface area contributed by atoms with Crippen molar-refractivity contribution in [2.75, 3.05) is 6.61 Å². The summed E-state index contributed by atoms with van der Waals surface area (Å²) in [5.74, 6) is -1.06. The first kappa shape index (κ1) is 19.6. The molecule has 154 valence electrons. The third kappa shape index (κ3) is 3.78. The second-order valence-corrected chi connectivity index (χ2v) is 8.02. The van der Waals surface area contributed by atoms with Crippen molar-refractivity contribution < 1.29 is 18.7 Å². The summed E-state index contributed by atoms with van der Waals surface area (Å²) in [4.78, 5) is 27.2. The number of esters is 1. The Morgan fingerprint density at radius 2 is 1.79 bits per heavy atom. The summed E-state index contributed by atoms with van der Waals surface area (Å²) in [5, 5.41) is 4.45. The Labute approximate surface area is 169 Å². The molecule has 0 saturated carbocycles. The van der Waals surface area contributed by atoms with Gasteiger partial charge in [0.25, 0.3) is 5.91 Å². The summed E-state index contributed by atoms with van der Waals surface area (Å²) in [6, 6.07) is 6.34. The van der Waals surface area contributed by atoms with Crippen molar-refractivity contribution in [2.24, 2.45) is 0 Å². The molecule has 1 aromatic heterocycles. The van der Waals surface area contributed by atoms with Gasteiger partial charge in [-0.2, -0.15) is 5.10 Å². The zero-order valence-electron chi connectivity index (χ0n) is 16.9. The first-order valence-corrected chi connectivity index (χ1v) is 10.3. The lowest BCUT2D eigenvalue weighted by Gasteiger charge is -2.38. The van der Waals surface area contributed by atoms with Gasteiger partial charge in [0, 0.05) is 23.3 Å². The van der Waals surface area contributed by atoms with Gasteiger partial charge in [-0.25, -0.2) is 13.9 Å². The van der Waals surface area contributed by atoms with Crippen LogP contribution in [0.3, 0.4) is 0 Å². The van der Waals surface area contributed by atoms with Crippen LogP contribution >= 0.6 is 0 Å². The number of rotatable bonds is 4. The van der Waals surface area contributed by atoms with E-state index in [4.69, 9.17) is 4.74 Å². The summed E-state index contributed by atoms with van der Waals surface area (Å²) < 4.78 is 20.3. The average Bonchev–Trinajstić information content (AvgIpc) is 3.29. The maximum absolute atomic E-state index is 13.3. The van der Waals surface area contributed by atoms with E-state index in [1.165, 1.54) is 12.1 Å². The van der Waals surface area contributed by atoms with Crippen molar-refractivity contribution in [1.82, 2.24) is 14.7 Å². The smallest absolute Gasteiger partial charge is 0.359 e. The Morgan fingerprint density at radius 1 is 1.10 bits per heavy atom. The van der Waals surface area contributed by atoms with E-state index in [0.717, 1.165) is 49.8 Å². The van der Waals surface area contributed by atoms with Gasteiger partial charge in [0.15, 0.2) is 12.3 Å². The Balaban J connectivity index is 1.50. The highest BCUT2D eigenvalue weighted by Crippen LogP contribution is 2.28. The Hall–Kier alpha value is -2.70. The molecule has 2 aromatic rings. The molecule has 0 unspecified atom stereocenters. The van der Waals surface area contributed by atoms with Crippen LogP contribution in [0.5, 0.6) is 0 Å². The second kappa shape index (κ2) is 7.97. The first-order valence-electron chi connectivity index (χ1n) is 10.3. The lowest BCUT2D eigenvalue weighted by Crippen LogP contribution is -2.49. The van der Waals surface area contributed by atoms with Gasteiger partial charge < -0.3 is 9.64 Å². The van der Waals surface area contributed by atoms with Crippen LogP contribution in [-0.2, 0) is 22.4 Å². The number of hydrogen-bond acceptors (Lipinski definition) is 4. The van der Waals surface area contributed by atoms with Crippen molar-refractivity contribution in [2.45, 2.75) is 64.5 Å². The molecule has 2 atom stereocenters. The minimum Gasteiger partial charge on any atom is -0.451 e. The molecule has 1 aromatic carbocycles. The normalized spacial score (nSPS) is 21.1. The van der Waals surface area contributed by atoms with Crippen molar-refractivity contribution >= 4 is 11.9 Å². The molecule has 1 amide bonds. The number of amides is 1. The fraction of sp³-hybridized carbons (Fsp3) is 0.500. The van der Waals surface area contributed by atoms with E-state index in [9.17, 15) is 14.0 Å². The third-order valence-electron chi connectivity index (χ3n) is 6.00. The molecule has 0 N–H and O–H groups in total. The largest absolute Gasteiger partial charge is 0.451 e. The molecule has 1 aliphatic heterocycles. The number of nitrogens with zero attached hydrogens (tertiary/aromatic N) is 3. The molecular formula is C22H26FN3O3. The van der Waals surface area contributed by atoms with Gasteiger partial charge in [-0.05, 0) is 76.6 Å². The fourth-order valence-corrected chi connectivity index (χ4v) is 4.58. The zero-order valence-corrected chi connectivity index (χ0v) is 16.9. The molecule has 2 heterocycles. The van der Waals surface area contributed by atoms with Crippen LogP contribution in [0.1, 0.15) is 61.3 Å². The highest BCUT2D eigenvalue weighted by atomic mass is 19.1. The Morgan fingerprint density at radius 3 is 2.48 bits per heavy atom. The highest BCUT2D eigenvalue weighted by molar-refractivity contribution is 5.91. The number of aromatic nitrogens is 2. The summed E-state index contributed by atoms with van der Waals surface area (Å²) in [5.41, 5.74) is 2.78. The maximum Gasteiger partial charge on any atom is 0.359 e. The molecule has 0 radical (unpaired) electrons. The van der Waals surface area contributed by atoms with Crippen LogP contribution in [0.25, 0.3) is 5.69 Å². The third-order valence-corrected chi connectivity index (χ3v) is 6.00. The van der Waals surface area contributed by atoms with Crippen molar-refractivity contribution in [1.29, 1.82) is 0 Å². The number of carbonyl (C=O) groups is 2. The summed E-state index contributed by atoms with van der Waals surface area (Å²) >= 11 is 0. The quantitative estimate of drug-likeness (QED) is 0.739. The van der Waals surface area contributed by atoms with Crippen LogP contribution < -0.4 is 0 Å². The monoisotopic (exact) mass is 399 g/mol. The summed E-state index contributed by atoms with van der Waals surface area (Å²) in [6.07, 6.45) is 5.53. The van der Waals surface area contributed by atoms with E-state index >= 15 is 0 Å². The second-order valence-electron chi connectivity index (χ2n) is 8.02. The van der Waals surface area contributed by atoms with Crippen LogP contribution in [0.2, 0.25) is 0 Å². The Bertz CT molecular complexity index is 912. The predicted molar refractivity (Wildman–Crippen MR) is 105 cm³/mol. The number of piperidine rings is 1. The van der Waals surface area contributed by atoms with Crippen molar-refractivity contribution in [3.63, 3.8) is 0 Å². The molecule has 1 fully saturated rings. The Kier molecular flexibility index (Phi) is 5.39. The minimum absolute atomic E-state index is 0.159. The van der Waals surface area contributed by atoms with Crippen LogP contribution in [-0.4, -0.2) is 45.2 Å². The van der Waals surface area contributed by atoms with E-state index in [2.05, 4.69) is 5.10 Å². The molecule has 7 heteroatoms. The number of benzene rings is 1. The van der Waals surface area contributed by atoms with Crippen LogP contribution in [0.15, 0.2) is 24.3 Å². The number of ether oxygens (including phenoxy) is 1. The molecule has 0 spiro atoms. The summed E-state index contributed by atoms with van der Waals surface area (Å²) in [6.45, 7) is 3.80. The van der Waals surface area contributed by atoms with Gasteiger partial charge in [0.2, 0.25) is 0 Å². The van der Waals surface area contributed by atoms with Gasteiger partial charge in [-0.1, -0.05) is 0 Å². The van der Waals surface area contributed by atoms with Crippen molar-refractivity contribution in [3.05, 3.63) is 47.0 Å². The van der Waals surface area contributed by atoms with Crippen LogP contribution in [0.4, 0.5) is 4.39 Å². The predicted octanol–water partition coefficient (Wildman–Crippen LogP) is 3.45. The number of likely N-dealkylation sites (tertiary alicyclic amines) is 1. The number of carbonyl (C=O) groups excluding carboxylic acids is 2. The highest BCUT2D eigenvalue weighted by Gasteiger charge is 2.31. The maximum atomic E-state index is 13.3. The van der Waals surface area contributed by atoms with Gasteiger partial charge >= 0.3 is 5.97 Å². The molecule has 6 nitrogen and oxygen atoms in total. The zero-order chi connectivity index (χ0) is 20.5. The van der Waals surface area contributed by atoms with Gasteiger partial charge in [0.1, 0.15) is 5.82 Å². The molecule has 4 rings (SSSR count). The lowest BCUT2D eigenvalue weighted by atomic mass is 9.97. The number of hydrogen-bond donors (Lipinski definition) is 0. The van der Waals surface area contributed by atoms with E-state index in [0.29, 0.717) is 5.69 Å². The fourth-order valence-electron chi connectivity index (χ4n) is 4.58. The average molecular weight is 399 g/mol. The minimum atomic E-state index is -0.574. The first-order chi connectivity index (χ1) is 14.0. The summed E-state index contributed by atoms with van der Waals surface area (Å²) in [7, 11) is 0. The molecular weight excluding hydrogens is 373 g/mol. The molecule has 2 aliphatic rings. The molecule has 1 aliphatic carbocycles. The van der Waals surface area contributed by atoms with Gasteiger partial charge in [0.05, 0.1) is 5.69 Å². The van der Waals surface area contributed by atoms with E-state index in [1.54, 1.807) is 16.8 Å². The topological polar surface area (TPSA) is 64.4 Å². The molecule has 0 bridgehead atoms. The molecule has 1 saturated heterocycles. The standard InChI is InChI=1S/C22H26FN3O3/c1-14-5-3-6-15(2)25(14)20(27)13-29-22(28)21-18-7-4-8-19(18)26(24-21)17-11-9-16(23)10-12-17/h9-12,14-15H,3-8,13H2,1-2H3/t14-,15-/m0/s1. The van der Waals surface area contributed by atoms with Crippen molar-refractivity contribution in [3.8, 4) is 5.69 Å². The molecule has 29 heavy (non-hydrogen) atoms. The van der Waals surface area contributed by atoms with E-state index < -0.39 is 5.97 Å². The SMILES string of the molecule is C[C@H]1CCC[C@H](C)N1C(=O)COC(=O)c1nn(-c2ccc(F)cc2)c2c1CCC2. The van der Waals surface area contributed by atoms with Crippen LogP contribution in [0, 0.1) is 5.82 Å². The number of halogens is 1. The lowest BCUT2D eigenvalue weighted by molar-refractivity contribution is -0.140. The number of fused-ring (bicyclic) bond motifs is 1. The van der Waals surface area contributed by atoms with Gasteiger partial charge in [-0.15, -0.1) is 0 Å². The van der Waals surface area contributed by atoms with E-state index in [-0.39, 0.29) is 36.1 Å². The van der Waals surface area contributed by atoms with E-state index in [1.807, 2.05) is 18.7 Å².